The van der Waals surface area contributed by atoms with Crippen molar-refractivity contribution in [3.63, 3.8) is 0 Å². The van der Waals surface area contributed by atoms with Gasteiger partial charge >= 0.3 is 0 Å². The summed E-state index contributed by atoms with van der Waals surface area (Å²) in [6.45, 7) is 2.79. The highest BCUT2D eigenvalue weighted by Crippen LogP contribution is 2.35. The Morgan fingerprint density at radius 3 is 3.08 bits per heavy atom. The number of hydrogen-bond donors (Lipinski definition) is 0. The van der Waals surface area contributed by atoms with E-state index < -0.39 is 0 Å². The summed E-state index contributed by atoms with van der Waals surface area (Å²) < 4.78 is 7.06. The van der Waals surface area contributed by atoms with Crippen LogP contribution >= 0.6 is 0 Å². The first-order chi connectivity index (χ1) is 11.8. The highest BCUT2D eigenvalue weighted by Gasteiger charge is 2.26. The van der Waals surface area contributed by atoms with Crippen LogP contribution in [-0.4, -0.2) is 42.1 Å². The Kier molecular flexibility index (Phi) is 3.72. The van der Waals surface area contributed by atoms with Gasteiger partial charge in [0.05, 0.1) is 12.1 Å². The lowest BCUT2D eigenvalue weighted by Gasteiger charge is -2.21. The normalized spacial score (nSPS) is 14.7. The van der Waals surface area contributed by atoms with Crippen LogP contribution in [0, 0.1) is 0 Å². The minimum atomic E-state index is -0.119. The molecule has 1 aliphatic carbocycles. The molecule has 1 aliphatic rings. The highest BCUT2D eigenvalue weighted by molar-refractivity contribution is 5.99. The van der Waals surface area contributed by atoms with Crippen molar-refractivity contribution < 1.29 is 9.32 Å². The summed E-state index contributed by atoms with van der Waals surface area (Å²) in [7, 11) is 0. The van der Waals surface area contributed by atoms with Crippen LogP contribution in [0.5, 0.6) is 0 Å². The minimum Gasteiger partial charge on any atom is -0.339 e. The molecule has 3 aromatic heterocycles. The number of pyridine rings is 1. The van der Waals surface area contributed by atoms with E-state index in [1.807, 2.05) is 13.1 Å². The summed E-state index contributed by atoms with van der Waals surface area (Å²) in [5.41, 5.74) is 1.06. The smallest absolute Gasteiger partial charge is 0.258 e. The summed E-state index contributed by atoms with van der Waals surface area (Å²) in [5.74, 6) is 1.51. The van der Waals surface area contributed by atoms with Gasteiger partial charge in [0.25, 0.3) is 5.91 Å². The molecule has 1 fully saturated rings. The summed E-state index contributed by atoms with van der Waals surface area (Å²) in [6.07, 6.45) is 6.81. The first-order valence-electron chi connectivity index (χ1n) is 8.16. The second-order valence-electron chi connectivity index (χ2n) is 5.98. The van der Waals surface area contributed by atoms with Crippen LogP contribution in [0.2, 0.25) is 0 Å². The predicted molar refractivity (Wildman–Crippen MR) is 84.3 cm³/mol. The SMILES string of the molecule is CCN(Cc1noc(C2CCC2)n1)C(=O)c1cccn2cnnc12. The van der Waals surface area contributed by atoms with Gasteiger partial charge in [-0.25, -0.2) is 0 Å². The van der Waals surface area contributed by atoms with E-state index >= 15 is 0 Å². The number of aromatic nitrogens is 5. The number of hydrogen-bond acceptors (Lipinski definition) is 6. The molecule has 0 spiro atoms. The van der Waals surface area contributed by atoms with Crippen LogP contribution in [0.3, 0.4) is 0 Å². The maximum Gasteiger partial charge on any atom is 0.258 e. The van der Waals surface area contributed by atoms with Gasteiger partial charge in [-0.3, -0.25) is 9.20 Å². The second kappa shape index (κ2) is 6.03. The Bertz CT molecular complexity index is 866. The third-order valence-corrected chi connectivity index (χ3v) is 4.49. The summed E-state index contributed by atoms with van der Waals surface area (Å²) in [5, 5.41) is 11.9. The standard InChI is InChI=1S/C16H18N6O2/c1-2-21(9-13-18-15(24-20-13)11-5-3-6-11)16(23)12-7-4-8-22-10-17-19-14(12)22/h4,7-8,10-11H,2-3,5-6,9H2,1H3. The Morgan fingerprint density at radius 2 is 2.33 bits per heavy atom. The molecular weight excluding hydrogens is 308 g/mol. The molecular formula is C16H18N6O2. The van der Waals surface area contributed by atoms with Gasteiger partial charge in [0.1, 0.15) is 6.33 Å². The molecule has 1 saturated carbocycles. The molecule has 3 heterocycles. The summed E-state index contributed by atoms with van der Waals surface area (Å²) in [4.78, 5) is 19.0. The number of rotatable bonds is 5. The third-order valence-electron chi connectivity index (χ3n) is 4.49. The fourth-order valence-corrected chi connectivity index (χ4v) is 2.84. The van der Waals surface area contributed by atoms with E-state index in [2.05, 4.69) is 20.3 Å². The maximum atomic E-state index is 12.9. The van der Waals surface area contributed by atoms with Crippen molar-refractivity contribution in [1.82, 2.24) is 29.6 Å². The largest absolute Gasteiger partial charge is 0.339 e. The third kappa shape index (κ3) is 2.53. The predicted octanol–water partition coefficient (Wildman–Crippen LogP) is 2.04. The molecule has 4 rings (SSSR count). The molecule has 0 atom stereocenters. The highest BCUT2D eigenvalue weighted by atomic mass is 16.5. The van der Waals surface area contributed by atoms with Crippen LogP contribution in [-0.2, 0) is 6.54 Å². The zero-order valence-electron chi connectivity index (χ0n) is 13.4. The fourth-order valence-electron chi connectivity index (χ4n) is 2.84. The van der Waals surface area contributed by atoms with Crippen molar-refractivity contribution in [2.75, 3.05) is 6.54 Å². The average molecular weight is 326 g/mol. The van der Waals surface area contributed by atoms with Crippen molar-refractivity contribution in [1.29, 1.82) is 0 Å². The molecule has 8 nitrogen and oxygen atoms in total. The van der Waals surface area contributed by atoms with Gasteiger partial charge < -0.3 is 9.42 Å². The Morgan fingerprint density at radius 1 is 1.46 bits per heavy atom. The second-order valence-corrected chi connectivity index (χ2v) is 5.98. The molecule has 0 saturated heterocycles. The number of carbonyl (C=O) groups excluding carboxylic acids is 1. The Hall–Kier alpha value is -2.77. The minimum absolute atomic E-state index is 0.119. The quantitative estimate of drug-likeness (QED) is 0.713. The van der Waals surface area contributed by atoms with Crippen LogP contribution in [0.4, 0.5) is 0 Å². The van der Waals surface area contributed by atoms with E-state index in [1.165, 1.54) is 6.42 Å². The van der Waals surface area contributed by atoms with Crippen LogP contribution in [0.25, 0.3) is 5.65 Å². The van der Waals surface area contributed by atoms with E-state index in [0.29, 0.717) is 41.9 Å². The van der Waals surface area contributed by atoms with E-state index in [1.54, 1.807) is 27.8 Å². The first kappa shape index (κ1) is 14.8. The summed E-state index contributed by atoms with van der Waals surface area (Å²) >= 11 is 0. The van der Waals surface area contributed by atoms with Crippen LogP contribution < -0.4 is 0 Å². The van der Waals surface area contributed by atoms with Gasteiger partial charge in [0.15, 0.2) is 11.5 Å². The molecule has 0 bridgehead atoms. The molecule has 0 aromatic carbocycles. The van der Waals surface area contributed by atoms with Crippen LogP contribution in [0.1, 0.15) is 54.2 Å². The monoisotopic (exact) mass is 326 g/mol. The number of carbonyl (C=O) groups is 1. The number of amides is 1. The van der Waals surface area contributed by atoms with Gasteiger partial charge in [-0.1, -0.05) is 11.6 Å². The van der Waals surface area contributed by atoms with Gasteiger partial charge in [0.2, 0.25) is 5.89 Å². The summed E-state index contributed by atoms with van der Waals surface area (Å²) in [6, 6.07) is 3.56. The van der Waals surface area contributed by atoms with Gasteiger partial charge in [-0.15, -0.1) is 10.2 Å². The zero-order valence-corrected chi connectivity index (χ0v) is 13.4. The lowest BCUT2D eigenvalue weighted by atomic mass is 9.85. The maximum absolute atomic E-state index is 12.9. The van der Waals surface area contributed by atoms with Crippen molar-refractivity contribution >= 4 is 11.6 Å². The molecule has 0 N–H and O–H groups in total. The molecule has 24 heavy (non-hydrogen) atoms. The van der Waals surface area contributed by atoms with Gasteiger partial charge in [-0.05, 0) is 31.9 Å². The first-order valence-corrected chi connectivity index (χ1v) is 8.16. The number of fused-ring (bicyclic) bond motifs is 1. The van der Waals surface area contributed by atoms with Crippen molar-refractivity contribution in [3.8, 4) is 0 Å². The molecule has 0 unspecified atom stereocenters. The topological polar surface area (TPSA) is 89.4 Å². The van der Waals surface area contributed by atoms with E-state index in [-0.39, 0.29) is 5.91 Å². The van der Waals surface area contributed by atoms with Gasteiger partial charge in [-0.2, -0.15) is 4.98 Å². The van der Waals surface area contributed by atoms with E-state index in [9.17, 15) is 4.79 Å². The van der Waals surface area contributed by atoms with Crippen molar-refractivity contribution in [3.05, 3.63) is 41.9 Å². The van der Waals surface area contributed by atoms with E-state index in [4.69, 9.17) is 4.52 Å². The molecule has 1 amide bonds. The zero-order chi connectivity index (χ0) is 16.5. The number of nitrogens with zero attached hydrogens (tertiary/aromatic N) is 6. The lowest BCUT2D eigenvalue weighted by molar-refractivity contribution is 0.0748. The Balaban J connectivity index is 1.55. The molecule has 124 valence electrons. The molecule has 8 heteroatoms. The van der Waals surface area contributed by atoms with Crippen molar-refractivity contribution in [2.24, 2.45) is 0 Å². The van der Waals surface area contributed by atoms with Crippen molar-refractivity contribution in [2.45, 2.75) is 38.6 Å². The molecule has 3 aromatic rings. The average Bonchev–Trinajstić information content (AvgIpc) is 3.19. The fraction of sp³-hybridized carbons (Fsp3) is 0.438. The Labute approximate surface area is 138 Å². The molecule has 0 radical (unpaired) electrons. The van der Waals surface area contributed by atoms with E-state index in [0.717, 1.165) is 12.8 Å². The lowest BCUT2D eigenvalue weighted by Crippen LogP contribution is -2.31. The molecule has 0 aliphatic heterocycles. The van der Waals surface area contributed by atoms with Crippen LogP contribution in [0.15, 0.2) is 29.2 Å². The van der Waals surface area contributed by atoms with Gasteiger partial charge in [0, 0.05) is 18.7 Å².